The Bertz CT molecular complexity index is 1480. The molecule has 2 N–H and O–H groups in total. The van der Waals surface area contributed by atoms with Gasteiger partial charge in [-0.25, -0.2) is 23.2 Å². The van der Waals surface area contributed by atoms with Crippen LogP contribution < -0.4 is 10.6 Å². The molecule has 2 aliphatic heterocycles. The molecule has 3 aliphatic rings. The van der Waals surface area contributed by atoms with E-state index < -0.39 is 54.6 Å². The quantitative estimate of drug-likeness (QED) is 0.381. The Hall–Kier alpha value is -3.82. The number of ether oxygens (including phenoxy) is 1. The van der Waals surface area contributed by atoms with E-state index in [1.165, 1.54) is 6.92 Å². The number of oxazole rings is 1. The Morgan fingerprint density at radius 1 is 1.17 bits per heavy atom. The molecule has 4 heterocycles. The molecule has 42 heavy (non-hydrogen) atoms. The lowest BCUT2D eigenvalue weighted by Crippen LogP contribution is -2.44. The van der Waals surface area contributed by atoms with E-state index >= 15 is 0 Å². The molecule has 3 aromatic rings. The third-order valence-electron chi connectivity index (χ3n) is 8.20. The Balaban J connectivity index is 1.31. The maximum Gasteiger partial charge on any atom is 0.410 e. The molecule has 1 aromatic carbocycles. The van der Waals surface area contributed by atoms with Gasteiger partial charge in [0.25, 0.3) is 5.91 Å². The number of hydrogen-bond acceptors (Lipinski definition) is 8. The van der Waals surface area contributed by atoms with Crippen LogP contribution in [0.4, 0.5) is 26.7 Å². The zero-order valence-electron chi connectivity index (χ0n) is 22.3. The minimum Gasteiger partial charge on any atom is -0.438 e. The molecule has 1 saturated carbocycles. The molecule has 0 bridgehead atoms. The number of rotatable bonds is 7. The summed E-state index contributed by atoms with van der Waals surface area (Å²) >= 11 is 0. The number of hydrogen-bond donors (Lipinski definition) is 2. The van der Waals surface area contributed by atoms with Crippen LogP contribution in [0, 0.1) is 18.8 Å². The average molecular weight is 599 g/mol. The Kier molecular flexibility index (Phi) is 7.06. The summed E-state index contributed by atoms with van der Waals surface area (Å²) in [6.45, 7) is 1.51. The number of amides is 3. The fraction of sp³-hybridized carbons (Fsp3) is 0.577. The smallest absolute Gasteiger partial charge is 0.410 e. The molecule has 2 aromatic heterocycles. The molecule has 11 nitrogen and oxygen atoms in total. The summed E-state index contributed by atoms with van der Waals surface area (Å²) < 4.78 is 83.9. The predicted octanol–water partition coefficient (Wildman–Crippen LogP) is 4.46. The van der Waals surface area contributed by atoms with Crippen molar-refractivity contribution >= 4 is 23.0 Å². The minimum atomic E-state index is -4.60. The summed E-state index contributed by atoms with van der Waals surface area (Å²) in [5.74, 6) is -4.01. The van der Waals surface area contributed by atoms with E-state index in [4.69, 9.17) is 9.15 Å². The standard InChI is InChI=1S/C26H27F5N6O5/c1-12-19(36-42-35-12)22(38)34-20(13-4-6-25(27,28)7-5-13)23-32-16-8-14(2-3-17(16)41-23)21(15-10-40-11-15)37-9-18(26(29,30)31)33-24(37)39/h2-3,8,13,15,18,20-21H,4-7,9-11H2,1H3,(H,33,39)(H,34,38)/t18-,20-,21-/m0/s1. The summed E-state index contributed by atoms with van der Waals surface area (Å²) in [6.07, 6.45) is -5.11. The minimum absolute atomic E-state index is 0.0638. The molecule has 1 aliphatic carbocycles. The van der Waals surface area contributed by atoms with Gasteiger partial charge >= 0.3 is 12.2 Å². The number of nitrogens with zero attached hydrogens (tertiary/aromatic N) is 4. The van der Waals surface area contributed by atoms with E-state index in [0.29, 0.717) is 16.7 Å². The highest BCUT2D eigenvalue weighted by molar-refractivity contribution is 5.93. The van der Waals surface area contributed by atoms with Crippen LogP contribution in [-0.4, -0.2) is 70.0 Å². The maximum absolute atomic E-state index is 14.0. The lowest BCUT2D eigenvalue weighted by Gasteiger charge is -2.39. The van der Waals surface area contributed by atoms with Gasteiger partial charge in [0.05, 0.1) is 25.8 Å². The van der Waals surface area contributed by atoms with Crippen molar-refractivity contribution in [2.45, 2.75) is 62.8 Å². The van der Waals surface area contributed by atoms with Crippen LogP contribution in [0.2, 0.25) is 0 Å². The van der Waals surface area contributed by atoms with Crippen molar-refractivity contribution in [3.63, 3.8) is 0 Å². The Morgan fingerprint density at radius 2 is 1.90 bits per heavy atom. The highest BCUT2D eigenvalue weighted by atomic mass is 19.4. The number of fused-ring (bicyclic) bond motifs is 1. The second-order valence-corrected chi connectivity index (χ2v) is 11.1. The van der Waals surface area contributed by atoms with E-state index in [2.05, 4.69) is 25.2 Å². The molecular weight excluding hydrogens is 571 g/mol. The van der Waals surface area contributed by atoms with Crippen molar-refractivity contribution in [3.05, 3.63) is 41.0 Å². The number of alkyl halides is 5. The molecule has 0 radical (unpaired) electrons. The molecule has 16 heteroatoms. The van der Waals surface area contributed by atoms with Gasteiger partial charge in [-0.3, -0.25) is 4.79 Å². The van der Waals surface area contributed by atoms with E-state index in [-0.39, 0.29) is 62.1 Å². The summed E-state index contributed by atoms with van der Waals surface area (Å²) in [7, 11) is 0. The third kappa shape index (κ3) is 5.39. The molecular formula is C26H27F5N6O5. The van der Waals surface area contributed by atoms with Gasteiger partial charge in [0, 0.05) is 18.8 Å². The lowest BCUT2D eigenvalue weighted by molar-refractivity contribution is -0.151. The molecule has 0 unspecified atom stereocenters. The maximum atomic E-state index is 14.0. The van der Waals surface area contributed by atoms with Crippen LogP contribution in [0.15, 0.2) is 27.2 Å². The second kappa shape index (κ2) is 10.5. The van der Waals surface area contributed by atoms with Crippen LogP contribution in [0.5, 0.6) is 0 Å². The summed E-state index contributed by atoms with van der Waals surface area (Å²) in [5.41, 5.74) is 1.37. The van der Waals surface area contributed by atoms with Gasteiger partial charge in [-0.15, -0.1) is 0 Å². The highest BCUT2D eigenvalue weighted by Gasteiger charge is 2.50. The largest absolute Gasteiger partial charge is 0.438 e. The van der Waals surface area contributed by atoms with Gasteiger partial charge in [-0.05, 0) is 48.5 Å². The van der Waals surface area contributed by atoms with Crippen molar-refractivity contribution in [2.24, 2.45) is 11.8 Å². The SMILES string of the molecule is Cc1nonc1C(=O)N[C@H](c1nc2cc([C@@H](C3COC3)N3C[C@@H](C(F)(F)F)NC3=O)ccc2o1)C1CCC(F)(F)CC1. The first-order chi connectivity index (χ1) is 19.9. The van der Waals surface area contributed by atoms with Gasteiger partial charge < -0.3 is 24.7 Å². The van der Waals surface area contributed by atoms with Crippen molar-refractivity contribution in [2.75, 3.05) is 19.8 Å². The predicted molar refractivity (Wildman–Crippen MR) is 132 cm³/mol. The zero-order valence-corrected chi connectivity index (χ0v) is 22.3. The first-order valence-corrected chi connectivity index (χ1v) is 13.5. The van der Waals surface area contributed by atoms with Gasteiger partial charge in [0.15, 0.2) is 11.3 Å². The molecule has 3 amide bonds. The first kappa shape index (κ1) is 28.3. The highest BCUT2D eigenvalue weighted by Crippen LogP contribution is 2.43. The number of urea groups is 1. The first-order valence-electron chi connectivity index (χ1n) is 13.5. The van der Waals surface area contributed by atoms with E-state index in [0.717, 1.165) is 4.90 Å². The number of aromatic nitrogens is 3. The van der Waals surface area contributed by atoms with Gasteiger partial charge in [-0.1, -0.05) is 11.2 Å². The lowest BCUT2D eigenvalue weighted by atomic mass is 9.82. The zero-order chi connectivity index (χ0) is 29.8. The average Bonchev–Trinajstić information content (AvgIpc) is 3.62. The third-order valence-corrected chi connectivity index (χ3v) is 8.20. The fourth-order valence-corrected chi connectivity index (χ4v) is 5.83. The molecule has 226 valence electrons. The number of carbonyl (C=O) groups excluding carboxylic acids is 2. The van der Waals surface area contributed by atoms with E-state index in [1.54, 1.807) is 18.2 Å². The van der Waals surface area contributed by atoms with Crippen LogP contribution in [-0.2, 0) is 4.74 Å². The number of nitrogens with one attached hydrogen (secondary N) is 2. The monoisotopic (exact) mass is 598 g/mol. The van der Waals surface area contributed by atoms with Crippen LogP contribution in [0.3, 0.4) is 0 Å². The number of carbonyl (C=O) groups is 2. The van der Waals surface area contributed by atoms with Crippen molar-refractivity contribution in [1.82, 2.24) is 30.8 Å². The normalized spacial score (nSPS) is 23.0. The van der Waals surface area contributed by atoms with Crippen LogP contribution >= 0.6 is 0 Å². The molecule has 3 fully saturated rings. The van der Waals surface area contributed by atoms with Gasteiger partial charge in [-0.2, -0.15) is 13.2 Å². The van der Waals surface area contributed by atoms with Crippen molar-refractivity contribution < 1.29 is 45.3 Å². The number of aryl methyl sites for hydroxylation is 1. The molecule has 0 spiro atoms. The van der Waals surface area contributed by atoms with E-state index in [1.807, 2.05) is 5.32 Å². The van der Waals surface area contributed by atoms with Crippen molar-refractivity contribution in [3.8, 4) is 0 Å². The van der Waals surface area contributed by atoms with Crippen LogP contribution in [0.25, 0.3) is 11.1 Å². The summed E-state index contributed by atoms with van der Waals surface area (Å²) in [5, 5.41) is 12.0. The molecule has 6 rings (SSSR count). The van der Waals surface area contributed by atoms with Crippen molar-refractivity contribution in [1.29, 1.82) is 0 Å². The summed E-state index contributed by atoms with van der Waals surface area (Å²) in [4.78, 5) is 31.4. The second-order valence-electron chi connectivity index (χ2n) is 11.1. The van der Waals surface area contributed by atoms with E-state index in [9.17, 15) is 31.5 Å². The van der Waals surface area contributed by atoms with Crippen LogP contribution in [0.1, 0.15) is 65.4 Å². The Labute approximate surface area is 235 Å². The number of halogens is 5. The molecule has 2 saturated heterocycles. The van der Waals surface area contributed by atoms with Gasteiger partial charge in [0.2, 0.25) is 11.8 Å². The van der Waals surface area contributed by atoms with Gasteiger partial charge in [0.1, 0.15) is 23.3 Å². The Morgan fingerprint density at radius 3 is 2.50 bits per heavy atom. The topological polar surface area (TPSA) is 136 Å². The fourth-order valence-electron chi connectivity index (χ4n) is 5.83. The molecule has 3 atom stereocenters. The number of benzene rings is 1. The summed E-state index contributed by atoms with van der Waals surface area (Å²) in [6, 6.07) is 0.439.